The molecule has 0 unspecified atom stereocenters. The van der Waals surface area contributed by atoms with Crippen LogP contribution in [0.25, 0.3) is 11.4 Å². The van der Waals surface area contributed by atoms with Crippen LogP contribution in [-0.2, 0) is 6.61 Å². The molecule has 0 bridgehead atoms. The summed E-state index contributed by atoms with van der Waals surface area (Å²) in [4.78, 5) is 15.7. The minimum atomic E-state index is -0.0482. The van der Waals surface area contributed by atoms with Gasteiger partial charge in [0.25, 0.3) is 5.89 Å². The Balaban J connectivity index is 1.73. The number of halogens is 1. The van der Waals surface area contributed by atoms with Crippen molar-refractivity contribution in [3.8, 4) is 22.9 Å². The van der Waals surface area contributed by atoms with Gasteiger partial charge in [0.15, 0.2) is 23.9 Å². The van der Waals surface area contributed by atoms with E-state index in [1.165, 1.54) is 14.0 Å². The predicted octanol–water partition coefficient (Wildman–Crippen LogP) is 4.18. The molecule has 0 N–H and O–H groups in total. The molecule has 0 spiro atoms. The van der Waals surface area contributed by atoms with E-state index in [2.05, 4.69) is 10.1 Å². The number of benzene rings is 2. The number of ketones is 1. The molecule has 6 nitrogen and oxygen atoms in total. The molecule has 0 atom stereocenters. The average Bonchev–Trinajstić information content (AvgIpc) is 3.08. The summed E-state index contributed by atoms with van der Waals surface area (Å²) in [5, 5.41) is 4.51. The molecular formula is C18H15ClN2O4. The van der Waals surface area contributed by atoms with Gasteiger partial charge in [0, 0.05) is 16.1 Å². The van der Waals surface area contributed by atoms with E-state index >= 15 is 0 Å². The van der Waals surface area contributed by atoms with Crippen LogP contribution >= 0.6 is 11.6 Å². The lowest BCUT2D eigenvalue weighted by molar-refractivity contribution is 0.101. The fourth-order valence-electron chi connectivity index (χ4n) is 2.20. The van der Waals surface area contributed by atoms with Crippen LogP contribution in [0.1, 0.15) is 23.2 Å². The van der Waals surface area contributed by atoms with E-state index in [4.69, 9.17) is 25.6 Å². The first kappa shape index (κ1) is 17.0. The predicted molar refractivity (Wildman–Crippen MR) is 92.1 cm³/mol. The number of aromatic nitrogens is 2. The second-order valence-electron chi connectivity index (χ2n) is 5.23. The van der Waals surface area contributed by atoms with Crippen LogP contribution in [0.15, 0.2) is 47.0 Å². The molecule has 3 aromatic rings. The number of hydrogen-bond donors (Lipinski definition) is 0. The normalized spacial score (nSPS) is 10.5. The van der Waals surface area contributed by atoms with Crippen molar-refractivity contribution in [3.63, 3.8) is 0 Å². The molecule has 0 saturated heterocycles. The van der Waals surface area contributed by atoms with Crippen LogP contribution in [0.4, 0.5) is 0 Å². The zero-order valence-electron chi connectivity index (χ0n) is 13.7. The highest BCUT2D eigenvalue weighted by atomic mass is 35.5. The third-order valence-electron chi connectivity index (χ3n) is 3.47. The van der Waals surface area contributed by atoms with Crippen LogP contribution in [0.2, 0.25) is 5.02 Å². The van der Waals surface area contributed by atoms with Crippen LogP contribution in [0, 0.1) is 0 Å². The lowest BCUT2D eigenvalue weighted by Crippen LogP contribution is -2.00. The summed E-state index contributed by atoms with van der Waals surface area (Å²) in [7, 11) is 1.51. The van der Waals surface area contributed by atoms with Crippen molar-refractivity contribution in [3.05, 3.63) is 58.9 Å². The topological polar surface area (TPSA) is 74.5 Å². The van der Waals surface area contributed by atoms with E-state index in [-0.39, 0.29) is 12.4 Å². The van der Waals surface area contributed by atoms with Crippen LogP contribution < -0.4 is 9.47 Å². The minimum Gasteiger partial charge on any atom is -0.493 e. The molecule has 0 amide bonds. The third kappa shape index (κ3) is 3.97. The summed E-state index contributed by atoms with van der Waals surface area (Å²) in [6.45, 7) is 1.56. The monoisotopic (exact) mass is 358 g/mol. The smallest absolute Gasteiger partial charge is 0.264 e. The lowest BCUT2D eigenvalue weighted by atomic mass is 10.1. The van der Waals surface area contributed by atoms with Crippen molar-refractivity contribution >= 4 is 17.4 Å². The Kier molecular flexibility index (Phi) is 5.00. The molecule has 0 aliphatic carbocycles. The van der Waals surface area contributed by atoms with E-state index in [9.17, 15) is 4.79 Å². The van der Waals surface area contributed by atoms with Crippen molar-refractivity contribution < 1.29 is 18.8 Å². The Morgan fingerprint density at radius 3 is 2.76 bits per heavy atom. The molecule has 0 saturated carbocycles. The first-order valence-corrected chi connectivity index (χ1v) is 7.85. The van der Waals surface area contributed by atoms with Gasteiger partial charge >= 0.3 is 0 Å². The fraction of sp³-hybridized carbons (Fsp3) is 0.167. The first-order chi connectivity index (χ1) is 12.1. The van der Waals surface area contributed by atoms with Crippen molar-refractivity contribution in [1.29, 1.82) is 0 Å². The van der Waals surface area contributed by atoms with Crippen molar-refractivity contribution in [1.82, 2.24) is 10.1 Å². The van der Waals surface area contributed by atoms with Gasteiger partial charge in [-0.05, 0) is 37.3 Å². The van der Waals surface area contributed by atoms with Crippen LogP contribution in [-0.4, -0.2) is 23.0 Å². The highest BCUT2D eigenvalue weighted by molar-refractivity contribution is 6.30. The van der Waals surface area contributed by atoms with E-state index < -0.39 is 0 Å². The van der Waals surface area contributed by atoms with E-state index in [1.54, 1.807) is 30.3 Å². The van der Waals surface area contributed by atoms with Gasteiger partial charge in [0.2, 0.25) is 5.82 Å². The Hall–Kier alpha value is -2.86. The summed E-state index contributed by atoms with van der Waals surface area (Å²) in [5.41, 5.74) is 1.30. The van der Waals surface area contributed by atoms with Gasteiger partial charge in [-0.15, -0.1) is 0 Å². The van der Waals surface area contributed by atoms with Gasteiger partial charge in [-0.1, -0.05) is 28.9 Å². The summed E-state index contributed by atoms with van der Waals surface area (Å²) in [6.07, 6.45) is 0. The van der Waals surface area contributed by atoms with Crippen LogP contribution in [0.3, 0.4) is 0 Å². The molecule has 7 heteroatoms. The largest absolute Gasteiger partial charge is 0.493 e. The number of Topliss-reactive ketones (excluding diaryl/α,β-unsaturated/α-hetero) is 1. The highest BCUT2D eigenvalue weighted by Crippen LogP contribution is 2.29. The van der Waals surface area contributed by atoms with Crippen molar-refractivity contribution in [2.75, 3.05) is 7.11 Å². The molecule has 25 heavy (non-hydrogen) atoms. The summed E-state index contributed by atoms with van der Waals surface area (Å²) < 4.78 is 16.1. The Morgan fingerprint density at radius 1 is 1.20 bits per heavy atom. The standard InChI is InChI=1S/C18H15ClN2O4/c1-11(22)12-6-7-15(16(9-12)23-2)24-10-17-20-18(21-25-17)13-4-3-5-14(19)8-13/h3-9H,10H2,1-2H3. The van der Waals surface area contributed by atoms with Crippen molar-refractivity contribution in [2.24, 2.45) is 0 Å². The second-order valence-corrected chi connectivity index (χ2v) is 5.67. The third-order valence-corrected chi connectivity index (χ3v) is 3.71. The number of carbonyl (C=O) groups excluding carboxylic acids is 1. The molecule has 1 heterocycles. The number of nitrogens with zero attached hydrogens (tertiary/aromatic N) is 2. The van der Waals surface area contributed by atoms with Gasteiger partial charge in [-0.2, -0.15) is 4.98 Å². The minimum absolute atomic E-state index is 0.0482. The second kappa shape index (κ2) is 7.36. The maximum absolute atomic E-state index is 11.4. The lowest BCUT2D eigenvalue weighted by Gasteiger charge is -2.09. The molecule has 2 aromatic carbocycles. The van der Waals surface area contributed by atoms with Gasteiger partial charge in [0.05, 0.1) is 7.11 Å². The molecule has 128 valence electrons. The quantitative estimate of drug-likeness (QED) is 0.615. The number of carbonyl (C=O) groups is 1. The average molecular weight is 359 g/mol. The van der Waals surface area contributed by atoms with Gasteiger partial charge in [-0.3, -0.25) is 4.79 Å². The Morgan fingerprint density at radius 2 is 2.04 bits per heavy atom. The highest BCUT2D eigenvalue weighted by Gasteiger charge is 2.12. The maximum Gasteiger partial charge on any atom is 0.264 e. The summed E-state index contributed by atoms with van der Waals surface area (Å²) >= 11 is 5.96. The van der Waals surface area contributed by atoms with Crippen molar-refractivity contribution in [2.45, 2.75) is 13.5 Å². The molecule has 0 radical (unpaired) electrons. The number of ether oxygens (including phenoxy) is 2. The van der Waals surface area contributed by atoms with Gasteiger partial charge in [0.1, 0.15) is 0 Å². The fourth-order valence-corrected chi connectivity index (χ4v) is 2.39. The molecule has 0 aliphatic heterocycles. The zero-order valence-corrected chi connectivity index (χ0v) is 14.4. The number of methoxy groups -OCH3 is 1. The van der Waals surface area contributed by atoms with Gasteiger partial charge in [-0.25, -0.2) is 0 Å². The van der Waals surface area contributed by atoms with Gasteiger partial charge < -0.3 is 14.0 Å². The SMILES string of the molecule is COc1cc(C(C)=O)ccc1OCc1nc(-c2cccc(Cl)c2)no1. The number of rotatable bonds is 6. The summed E-state index contributed by atoms with van der Waals surface area (Å²) in [6, 6.07) is 12.1. The van der Waals surface area contributed by atoms with E-state index in [0.29, 0.717) is 33.8 Å². The molecule has 0 aliphatic rings. The van der Waals surface area contributed by atoms with E-state index in [1.807, 2.05) is 12.1 Å². The van der Waals surface area contributed by atoms with E-state index in [0.717, 1.165) is 5.56 Å². The zero-order chi connectivity index (χ0) is 17.8. The maximum atomic E-state index is 11.4. The molecule has 0 fully saturated rings. The molecule has 1 aromatic heterocycles. The Labute approximate surface area is 149 Å². The summed E-state index contributed by atoms with van der Waals surface area (Å²) in [5.74, 6) is 1.64. The first-order valence-electron chi connectivity index (χ1n) is 7.47. The molecular weight excluding hydrogens is 344 g/mol. The Bertz CT molecular complexity index is 908. The number of hydrogen-bond acceptors (Lipinski definition) is 6. The van der Waals surface area contributed by atoms with Crippen LogP contribution in [0.5, 0.6) is 11.5 Å². The molecule has 3 rings (SSSR count).